The first-order valence-electron chi connectivity index (χ1n) is 4.77. The van der Waals surface area contributed by atoms with Crippen LogP contribution in [0.5, 0.6) is 0 Å². The molecule has 1 aliphatic carbocycles. The second-order valence-electron chi connectivity index (χ2n) is 3.77. The van der Waals surface area contributed by atoms with E-state index in [9.17, 15) is 4.39 Å². The molecular weight excluding hydrogens is 311 g/mol. The molecule has 1 aromatic rings. The highest BCUT2D eigenvalue weighted by Gasteiger charge is 2.26. The third kappa shape index (κ3) is 2.03. The van der Waals surface area contributed by atoms with Gasteiger partial charge in [-0.1, -0.05) is 28.4 Å². The van der Waals surface area contributed by atoms with Crippen molar-refractivity contribution in [3.63, 3.8) is 0 Å². The Kier molecular flexibility index (Phi) is 3.27. The Morgan fingerprint density at radius 2 is 2.07 bits per heavy atom. The molecule has 2 rings (SSSR count). The molecule has 0 nitrogen and oxygen atoms in total. The number of rotatable bonds is 2. The van der Waals surface area contributed by atoms with Crippen molar-refractivity contribution in [3.05, 3.63) is 34.1 Å². The molecule has 0 aromatic heterocycles. The zero-order chi connectivity index (χ0) is 10.1. The zero-order valence-electron chi connectivity index (χ0n) is 7.64. The molecule has 0 spiro atoms. The van der Waals surface area contributed by atoms with Gasteiger partial charge in [0.2, 0.25) is 0 Å². The van der Waals surface area contributed by atoms with E-state index in [1.807, 2.05) is 12.1 Å². The smallest absolute Gasteiger partial charge is 0.137 e. The fourth-order valence-electron chi connectivity index (χ4n) is 1.69. The summed E-state index contributed by atoms with van der Waals surface area (Å²) in [6.45, 7) is 0. The van der Waals surface area contributed by atoms with E-state index in [4.69, 9.17) is 0 Å². The molecule has 3 heteroatoms. The topological polar surface area (TPSA) is 0 Å². The van der Waals surface area contributed by atoms with Gasteiger partial charge in [-0.15, -0.1) is 0 Å². The highest BCUT2D eigenvalue weighted by Crippen LogP contribution is 2.43. The first kappa shape index (κ1) is 10.6. The van der Waals surface area contributed by atoms with Crippen LogP contribution in [-0.2, 0) is 0 Å². The predicted molar refractivity (Wildman–Crippen MR) is 63.1 cm³/mol. The van der Waals surface area contributed by atoms with E-state index in [-0.39, 0.29) is 5.82 Å². The summed E-state index contributed by atoms with van der Waals surface area (Å²) in [5.41, 5.74) is 1.17. The number of halogens is 3. The van der Waals surface area contributed by atoms with Crippen LogP contribution in [-0.4, -0.2) is 0 Å². The van der Waals surface area contributed by atoms with Crippen molar-refractivity contribution in [2.75, 3.05) is 0 Å². The van der Waals surface area contributed by atoms with Crippen molar-refractivity contribution in [2.45, 2.75) is 24.1 Å². The number of alkyl halides is 1. The molecule has 0 heterocycles. The van der Waals surface area contributed by atoms with Gasteiger partial charge < -0.3 is 0 Å². The van der Waals surface area contributed by atoms with Gasteiger partial charge >= 0.3 is 0 Å². The molecule has 1 aromatic carbocycles. The largest absolute Gasteiger partial charge is 0.206 e. The Balaban J connectivity index is 2.18. The summed E-state index contributed by atoms with van der Waals surface area (Å²) in [5, 5.41) is 0. The second kappa shape index (κ2) is 4.31. The summed E-state index contributed by atoms with van der Waals surface area (Å²) < 4.78 is 13.6. The maximum absolute atomic E-state index is 13.0. The molecule has 0 N–H and O–H groups in total. The molecule has 1 unspecified atom stereocenters. The SMILES string of the molecule is Fc1ccc(C(Br)C2CCC2)cc1Br. The third-order valence-corrected chi connectivity index (χ3v) is 4.71. The molecule has 1 fully saturated rings. The molecule has 0 aliphatic heterocycles. The lowest BCUT2D eigenvalue weighted by Gasteiger charge is -2.30. The monoisotopic (exact) mass is 320 g/mol. The maximum Gasteiger partial charge on any atom is 0.137 e. The van der Waals surface area contributed by atoms with Gasteiger partial charge in [0.25, 0.3) is 0 Å². The molecule has 1 atom stereocenters. The highest BCUT2D eigenvalue weighted by atomic mass is 79.9. The van der Waals surface area contributed by atoms with E-state index in [1.54, 1.807) is 0 Å². The summed E-state index contributed by atoms with van der Waals surface area (Å²) in [5.74, 6) is 0.537. The van der Waals surface area contributed by atoms with Crippen molar-refractivity contribution < 1.29 is 4.39 Å². The average Bonchev–Trinajstić information content (AvgIpc) is 2.06. The lowest BCUT2D eigenvalue weighted by molar-refractivity contribution is 0.312. The van der Waals surface area contributed by atoms with Gasteiger partial charge in [-0.3, -0.25) is 0 Å². The Morgan fingerprint density at radius 3 is 2.57 bits per heavy atom. The van der Waals surface area contributed by atoms with Crippen LogP contribution >= 0.6 is 31.9 Å². The van der Waals surface area contributed by atoms with E-state index in [2.05, 4.69) is 31.9 Å². The van der Waals surface area contributed by atoms with Crippen LogP contribution in [0.3, 0.4) is 0 Å². The third-order valence-electron chi connectivity index (χ3n) is 2.83. The average molecular weight is 322 g/mol. The van der Waals surface area contributed by atoms with Crippen LogP contribution in [0.1, 0.15) is 29.7 Å². The normalized spacial score (nSPS) is 19.1. The van der Waals surface area contributed by atoms with Crippen LogP contribution < -0.4 is 0 Å². The van der Waals surface area contributed by atoms with Crippen LogP contribution in [0, 0.1) is 11.7 Å². The van der Waals surface area contributed by atoms with Gasteiger partial charge in [-0.25, -0.2) is 4.39 Å². The number of hydrogen-bond donors (Lipinski definition) is 0. The highest BCUT2D eigenvalue weighted by molar-refractivity contribution is 9.10. The Morgan fingerprint density at radius 1 is 1.36 bits per heavy atom. The fourth-order valence-corrected chi connectivity index (χ4v) is 2.90. The van der Waals surface area contributed by atoms with Gasteiger partial charge in [0.05, 0.1) is 4.47 Å². The summed E-state index contributed by atoms with van der Waals surface area (Å²) in [6.07, 6.45) is 3.89. The molecule has 76 valence electrons. The van der Waals surface area contributed by atoms with Gasteiger partial charge in [0, 0.05) is 4.83 Å². The summed E-state index contributed by atoms with van der Waals surface area (Å²) in [4.78, 5) is 0.383. The number of benzene rings is 1. The molecule has 1 aliphatic rings. The van der Waals surface area contributed by atoms with Crippen molar-refractivity contribution in [2.24, 2.45) is 5.92 Å². The van der Waals surface area contributed by atoms with E-state index in [1.165, 1.54) is 30.9 Å². The van der Waals surface area contributed by atoms with Gasteiger partial charge in [-0.05, 0) is 52.4 Å². The van der Waals surface area contributed by atoms with Crippen LogP contribution in [0.2, 0.25) is 0 Å². The number of hydrogen-bond acceptors (Lipinski definition) is 0. The van der Waals surface area contributed by atoms with Crippen LogP contribution in [0.15, 0.2) is 22.7 Å². The summed E-state index contributed by atoms with van der Waals surface area (Å²) >= 11 is 6.89. The fraction of sp³-hybridized carbons (Fsp3) is 0.455. The lowest BCUT2D eigenvalue weighted by atomic mass is 9.81. The van der Waals surface area contributed by atoms with Gasteiger partial charge in [0.1, 0.15) is 5.82 Å². The maximum atomic E-state index is 13.0. The van der Waals surface area contributed by atoms with Gasteiger partial charge in [0.15, 0.2) is 0 Å². The van der Waals surface area contributed by atoms with Crippen molar-refractivity contribution in [1.29, 1.82) is 0 Å². The van der Waals surface area contributed by atoms with Gasteiger partial charge in [-0.2, -0.15) is 0 Å². The standard InChI is InChI=1S/C11H11Br2F/c12-9-6-8(4-5-10(9)14)11(13)7-2-1-3-7/h4-7,11H,1-3H2. The second-order valence-corrected chi connectivity index (χ2v) is 5.61. The van der Waals surface area contributed by atoms with E-state index in [0.29, 0.717) is 9.30 Å². The molecule has 0 bridgehead atoms. The zero-order valence-corrected chi connectivity index (χ0v) is 10.8. The minimum atomic E-state index is -0.193. The summed E-state index contributed by atoms with van der Waals surface area (Å²) in [6, 6.07) is 5.25. The molecule has 1 saturated carbocycles. The molecule has 0 amide bonds. The molecular formula is C11H11Br2F. The Bertz CT molecular complexity index is 334. The quantitative estimate of drug-likeness (QED) is 0.685. The Labute approximate surface area is 100 Å². The minimum absolute atomic E-state index is 0.193. The molecule has 0 saturated heterocycles. The van der Waals surface area contributed by atoms with E-state index < -0.39 is 0 Å². The van der Waals surface area contributed by atoms with E-state index in [0.717, 1.165) is 5.92 Å². The first-order chi connectivity index (χ1) is 6.68. The van der Waals surface area contributed by atoms with Crippen LogP contribution in [0.25, 0.3) is 0 Å². The Hall–Kier alpha value is 0.110. The predicted octanol–water partition coefficient (Wildman–Crippen LogP) is 4.82. The summed E-state index contributed by atoms with van der Waals surface area (Å²) in [7, 11) is 0. The molecule has 0 radical (unpaired) electrons. The lowest BCUT2D eigenvalue weighted by Crippen LogP contribution is -2.16. The van der Waals surface area contributed by atoms with Crippen molar-refractivity contribution in [3.8, 4) is 0 Å². The first-order valence-corrected chi connectivity index (χ1v) is 6.48. The minimum Gasteiger partial charge on any atom is -0.206 e. The van der Waals surface area contributed by atoms with Crippen molar-refractivity contribution >= 4 is 31.9 Å². The van der Waals surface area contributed by atoms with Crippen LogP contribution in [0.4, 0.5) is 4.39 Å². The molecule has 14 heavy (non-hydrogen) atoms. The van der Waals surface area contributed by atoms with E-state index >= 15 is 0 Å². The van der Waals surface area contributed by atoms with Crippen molar-refractivity contribution in [1.82, 2.24) is 0 Å².